The molecule has 2 fully saturated rings. The second kappa shape index (κ2) is 5.78. The third-order valence-corrected chi connectivity index (χ3v) is 5.48. The summed E-state index contributed by atoms with van der Waals surface area (Å²) in [6.07, 6.45) is 1.81. The van der Waals surface area contributed by atoms with E-state index < -0.39 is 0 Å². The van der Waals surface area contributed by atoms with E-state index in [0.29, 0.717) is 0 Å². The maximum atomic E-state index is 5.99. The van der Waals surface area contributed by atoms with Crippen LogP contribution in [0.3, 0.4) is 0 Å². The first-order valence-electron chi connectivity index (χ1n) is 8.31. The lowest BCUT2D eigenvalue weighted by atomic mass is 9.83. The molecule has 0 saturated carbocycles. The van der Waals surface area contributed by atoms with E-state index in [4.69, 9.17) is 18.6 Å². The molecule has 0 unspecified atom stereocenters. The summed E-state index contributed by atoms with van der Waals surface area (Å²) in [6, 6.07) is 0. The summed E-state index contributed by atoms with van der Waals surface area (Å²) in [4.78, 5) is 0. The highest BCUT2D eigenvalue weighted by Gasteiger charge is 2.52. The van der Waals surface area contributed by atoms with Crippen LogP contribution < -0.4 is 5.23 Å². The van der Waals surface area contributed by atoms with E-state index in [1.54, 1.807) is 0 Å². The van der Waals surface area contributed by atoms with Gasteiger partial charge in [0.05, 0.1) is 22.4 Å². The molecule has 2 rings (SSSR count). The third kappa shape index (κ3) is 3.54. The van der Waals surface area contributed by atoms with Gasteiger partial charge in [0.25, 0.3) is 0 Å². The molecule has 0 radical (unpaired) electrons. The van der Waals surface area contributed by atoms with Crippen molar-refractivity contribution in [3.63, 3.8) is 0 Å². The van der Waals surface area contributed by atoms with E-state index in [1.165, 1.54) is 0 Å². The van der Waals surface area contributed by atoms with E-state index in [-0.39, 0.29) is 36.8 Å². The van der Waals surface area contributed by atoms with Gasteiger partial charge in [-0.3, -0.25) is 0 Å². The molecule has 1 N–H and O–H groups in total. The Morgan fingerprint density at radius 3 is 1.55 bits per heavy atom. The normalized spacial score (nSPS) is 28.4. The summed E-state index contributed by atoms with van der Waals surface area (Å²) in [6.45, 7) is 17.3. The van der Waals surface area contributed by atoms with Crippen molar-refractivity contribution < 1.29 is 18.6 Å². The molecule has 5 nitrogen and oxygen atoms in total. The van der Waals surface area contributed by atoms with Crippen LogP contribution >= 0.6 is 0 Å². The average molecular weight is 311 g/mol. The summed E-state index contributed by atoms with van der Waals surface area (Å²) in [5.41, 5.74) is -1.10. The van der Waals surface area contributed by atoms with Gasteiger partial charge in [0.2, 0.25) is 0 Å². The number of rotatable bonds is 5. The van der Waals surface area contributed by atoms with Gasteiger partial charge in [0, 0.05) is 0 Å². The zero-order valence-electron chi connectivity index (χ0n) is 15.4. The van der Waals surface area contributed by atoms with E-state index in [9.17, 15) is 0 Å². The van der Waals surface area contributed by atoms with Crippen LogP contribution in [0, 0.1) is 0 Å². The minimum absolute atomic E-state index is 0.134. The first kappa shape index (κ1) is 18.3. The van der Waals surface area contributed by atoms with E-state index in [2.05, 4.69) is 60.6 Å². The van der Waals surface area contributed by atoms with Crippen LogP contribution in [0.4, 0.5) is 0 Å². The summed E-state index contributed by atoms with van der Waals surface area (Å²) >= 11 is 0. The van der Waals surface area contributed by atoms with Gasteiger partial charge in [0.1, 0.15) is 0 Å². The quantitative estimate of drug-likeness (QED) is 0.625. The van der Waals surface area contributed by atoms with Gasteiger partial charge in [-0.25, -0.2) is 0 Å². The lowest BCUT2D eigenvalue weighted by molar-refractivity contribution is 0.00578. The maximum absolute atomic E-state index is 5.99. The lowest BCUT2D eigenvalue weighted by Crippen LogP contribution is -2.41. The fourth-order valence-corrected chi connectivity index (χ4v) is 2.50. The molecule has 0 aliphatic carbocycles. The Kier molecular flexibility index (Phi) is 4.80. The fraction of sp³-hybridized carbons (Fsp3) is 1.00. The molecule has 0 amide bonds. The molecule has 2 saturated heterocycles. The molecule has 2 heterocycles. The number of hydrogen-bond acceptors (Lipinski definition) is 5. The van der Waals surface area contributed by atoms with Crippen molar-refractivity contribution in [1.29, 1.82) is 0 Å². The Morgan fingerprint density at radius 2 is 1.09 bits per heavy atom. The van der Waals surface area contributed by atoms with Gasteiger partial charge in [-0.2, -0.15) is 0 Å². The largest absolute Gasteiger partial charge is 0.555 e. The molecule has 0 aromatic heterocycles. The third-order valence-electron chi connectivity index (χ3n) is 5.48. The van der Waals surface area contributed by atoms with Crippen LogP contribution in [0.1, 0.15) is 61.8 Å². The Morgan fingerprint density at radius 1 is 0.682 bits per heavy atom. The average Bonchev–Trinajstić information content (AvgIpc) is 2.64. The summed E-state index contributed by atoms with van der Waals surface area (Å²) in [5.74, 6) is 0. The van der Waals surface area contributed by atoms with Gasteiger partial charge < -0.3 is 23.8 Å². The Hall–Kier alpha value is -0.0701. The highest BCUT2D eigenvalue weighted by Crippen LogP contribution is 2.38. The van der Waals surface area contributed by atoms with E-state index in [0.717, 1.165) is 19.3 Å². The van der Waals surface area contributed by atoms with Crippen molar-refractivity contribution in [2.45, 2.75) is 90.5 Å². The molecule has 0 spiro atoms. The first-order chi connectivity index (χ1) is 9.86. The van der Waals surface area contributed by atoms with Crippen LogP contribution in [-0.2, 0) is 18.6 Å². The summed E-state index contributed by atoms with van der Waals surface area (Å²) in [7, 11) is -0.478. The van der Waals surface area contributed by atoms with Gasteiger partial charge >= 0.3 is 14.4 Å². The second-order valence-corrected chi connectivity index (χ2v) is 8.37. The fourth-order valence-electron chi connectivity index (χ4n) is 2.50. The molecule has 126 valence electrons. The van der Waals surface area contributed by atoms with Crippen LogP contribution in [0.15, 0.2) is 0 Å². The molecular weight excluding hydrogens is 280 g/mol. The van der Waals surface area contributed by atoms with Crippen molar-refractivity contribution in [2.24, 2.45) is 0 Å². The van der Waals surface area contributed by atoms with E-state index >= 15 is 0 Å². The van der Waals surface area contributed by atoms with Crippen molar-refractivity contribution in [3.8, 4) is 0 Å². The zero-order chi connectivity index (χ0) is 16.8. The molecule has 0 aromatic carbocycles. The van der Waals surface area contributed by atoms with Gasteiger partial charge in [-0.1, -0.05) is 0 Å². The Bertz CT molecular complexity index is 342. The van der Waals surface area contributed by atoms with Crippen LogP contribution in [0.25, 0.3) is 0 Å². The predicted molar refractivity (Wildman–Crippen MR) is 89.6 cm³/mol. The van der Waals surface area contributed by atoms with E-state index in [1.807, 2.05) is 0 Å². The van der Waals surface area contributed by atoms with Crippen LogP contribution in [0.5, 0.6) is 0 Å². The van der Waals surface area contributed by atoms with Crippen molar-refractivity contribution >= 4 is 14.4 Å². The number of nitrogens with one attached hydrogen (secondary N) is 1. The molecule has 22 heavy (non-hydrogen) atoms. The Balaban J connectivity index is 1.69. The lowest BCUT2D eigenvalue weighted by Gasteiger charge is -2.32. The van der Waals surface area contributed by atoms with Crippen LogP contribution in [-0.4, -0.2) is 43.3 Å². The molecule has 7 heteroatoms. The monoisotopic (exact) mass is 311 g/mol. The topological polar surface area (TPSA) is 49.0 Å². The molecule has 2 aliphatic rings. The van der Waals surface area contributed by atoms with Gasteiger partial charge in [-0.05, 0) is 74.7 Å². The standard InChI is InChI=1S/C15H31B2NO4/c1-12(2)13(3,4)20-16(19-12)10-9-11-18-17-21-14(5,6)15(7,8)22-17/h18H,9-11H2,1-8H3. The van der Waals surface area contributed by atoms with Crippen molar-refractivity contribution in [3.05, 3.63) is 0 Å². The maximum Gasteiger partial charge on any atom is 0.555 e. The second-order valence-electron chi connectivity index (χ2n) is 8.37. The van der Waals surface area contributed by atoms with Gasteiger partial charge in [0.15, 0.2) is 0 Å². The predicted octanol–water partition coefficient (Wildman–Crippen LogP) is 2.65. The molecule has 2 aliphatic heterocycles. The molecular formula is C15H31B2NO4. The minimum atomic E-state index is -0.344. The highest BCUT2D eigenvalue weighted by atomic mass is 16.7. The molecule has 0 bridgehead atoms. The smallest absolute Gasteiger partial charge is 0.403 e. The van der Waals surface area contributed by atoms with Gasteiger partial charge in [-0.15, -0.1) is 0 Å². The van der Waals surface area contributed by atoms with Crippen molar-refractivity contribution in [2.75, 3.05) is 6.54 Å². The summed E-state index contributed by atoms with van der Waals surface area (Å²) < 4.78 is 23.8. The highest BCUT2D eigenvalue weighted by molar-refractivity contribution is 6.45. The molecule has 0 atom stereocenters. The Labute approximate surface area is 136 Å². The van der Waals surface area contributed by atoms with Crippen molar-refractivity contribution in [1.82, 2.24) is 5.23 Å². The zero-order valence-corrected chi connectivity index (χ0v) is 15.4. The minimum Gasteiger partial charge on any atom is -0.403 e. The SMILES string of the molecule is CC1(C)OB(CCCNB2OC(C)(C)C(C)(C)O2)OC1(C)C. The van der Waals surface area contributed by atoms with Crippen LogP contribution in [0.2, 0.25) is 6.32 Å². The summed E-state index contributed by atoms with van der Waals surface area (Å²) in [5, 5.41) is 3.30. The molecule has 0 aromatic rings. The number of hydrogen-bond donors (Lipinski definition) is 1. The first-order valence-corrected chi connectivity index (χ1v) is 8.31.